The normalized spacial score (nSPS) is 11.2. The second kappa shape index (κ2) is 5.95. The van der Waals surface area contributed by atoms with Crippen molar-refractivity contribution in [1.29, 1.82) is 0 Å². The van der Waals surface area contributed by atoms with Crippen LogP contribution >= 0.6 is 0 Å². The largest absolute Gasteiger partial charge is 0.497 e. The van der Waals surface area contributed by atoms with Gasteiger partial charge in [0.1, 0.15) is 5.75 Å². The summed E-state index contributed by atoms with van der Waals surface area (Å²) in [5.41, 5.74) is 6.95. The van der Waals surface area contributed by atoms with E-state index in [4.69, 9.17) is 10.5 Å². The number of ether oxygens (including phenoxy) is 1. The van der Waals surface area contributed by atoms with Gasteiger partial charge in [0.15, 0.2) is 5.78 Å². The van der Waals surface area contributed by atoms with Crippen LogP contribution in [0.1, 0.15) is 30.1 Å². The summed E-state index contributed by atoms with van der Waals surface area (Å²) in [7, 11) is 1.59. The molecule has 0 aromatic heterocycles. The van der Waals surface area contributed by atoms with Crippen molar-refractivity contribution in [3.05, 3.63) is 41.6 Å². The summed E-state index contributed by atoms with van der Waals surface area (Å²) in [6.45, 7) is 2.03. The number of hydrogen-bond acceptors (Lipinski definition) is 3. The van der Waals surface area contributed by atoms with Crippen molar-refractivity contribution in [2.45, 2.75) is 19.8 Å². The second-order valence-corrected chi connectivity index (χ2v) is 3.56. The van der Waals surface area contributed by atoms with Crippen LogP contribution in [0.15, 0.2) is 36.0 Å². The lowest BCUT2D eigenvalue weighted by Crippen LogP contribution is -2.02. The maximum Gasteiger partial charge on any atom is 0.187 e. The minimum Gasteiger partial charge on any atom is -0.497 e. The topological polar surface area (TPSA) is 52.3 Å². The molecule has 86 valence electrons. The number of carbonyl (C=O) groups is 1. The molecule has 16 heavy (non-hydrogen) atoms. The Morgan fingerprint density at radius 3 is 2.50 bits per heavy atom. The van der Waals surface area contributed by atoms with Gasteiger partial charge in [-0.3, -0.25) is 4.79 Å². The van der Waals surface area contributed by atoms with E-state index in [0.717, 1.165) is 18.6 Å². The van der Waals surface area contributed by atoms with E-state index in [0.29, 0.717) is 11.3 Å². The van der Waals surface area contributed by atoms with Gasteiger partial charge in [-0.15, -0.1) is 0 Å². The average Bonchev–Trinajstić information content (AvgIpc) is 2.29. The van der Waals surface area contributed by atoms with E-state index < -0.39 is 0 Å². The van der Waals surface area contributed by atoms with Crippen LogP contribution < -0.4 is 10.5 Å². The van der Waals surface area contributed by atoms with Crippen molar-refractivity contribution in [1.82, 2.24) is 0 Å². The van der Waals surface area contributed by atoms with Gasteiger partial charge in [-0.1, -0.05) is 13.3 Å². The highest BCUT2D eigenvalue weighted by molar-refractivity contribution is 6.04. The minimum absolute atomic E-state index is 0.0615. The standard InChI is InChI=1S/C13H17NO2/c1-3-4-11(14)9-13(15)10-5-7-12(16-2)8-6-10/h5-9H,3-4,14H2,1-2H3/b11-9-. The van der Waals surface area contributed by atoms with Crippen molar-refractivity contribution in [2.24, 2.45) is 5.73 Å². The van der Waals surface area contributed by atoms with E-state index in [1.54, 1.807) is 31.4 Å². The lowest BCUT2D eigenvalue weighted by Gasteiger charge is -2.01. The molecule has 0 aliphatic carbocycles. The molecule has 0 aliphatic heterocycles. The SMILES string of the molecule is CCC/C(N)=C/C(=O)c1ccc(OC)cc1. The molecule has 0 fully saturated rings. The number of methoxy groups -OCH3 is 1. The molecule has 3 nitrogen and oxygen atoms in total. The van der Waals surface area contributed by atoms with Crippen molar-refractivity contribution in [2.75, 3.05) is 7.11 Å². The van der Waals surface area contributed by atoms with Gasteiger partial charge in [0.25, 0.3) is 0 Å². The summed E-state index contributed by atoms with van der Waals surface area (Å²) in [6, 6.07) is 6.99. The number of carbonyl (C=O) groups excluding carboxylic acids is 1. The Labute approximate surface area is 95.9 Å². The Hall–Kier alpha value is -1.77. The van der Waals surface area contributed by atoms with Crippen LogP contribution in [-0.2, 0) is 0 Å². The summed E-state index contributed by atoms with van der Waals surface area (Å²) >= 11 is 0. The van der Waals surface area contributed by atoms with E-state index in [1.165, 1.54) is 6.08 Å². The van der Waals surface area contributed by atoms with Gasteiger partial charge < -0.3 is 10.5 Å². The molecule has 0 unspecified atom stereocenters. The molecule has 3 heteroatoms. The third kappa shape index (κ3) is 3.42. The van der Waals surface area contributed by atoms with Gasteiger partial charge >= 0.3 is 0 Å². The van der Waals surface area contributed by atoms with Crippen LogP contribution in [0.5, 0.6) is 5.75 Å². The van der Waals surface area contributed by atoms with Crippen molar-refractivity contribution in [3.63, 3.8) is 0 Å². The Kier molecular flexibility index (Phi) is 4.58. The third-order valence-electron chi connectivity index (χ3n) is 2.23. The molecule has 0 spiro atoms. The number of ketones is 1. The maximum atomic E-state index is 11.7. The van der Waals surface area contributed by atoms with Gasteiger partial charge in [-0.25, -0.2) is 0 Å². The molecule has 1 aromatic carbocycles. The average molecular weight is 219 g/mol. The molecular weight excluding hydrogens is 202 g/mol. The Bertz CT molecular complexity index is 379. The van der Waals surface area contributed by atoms with Crippen molar-refractivity contribution >= 4 is 5.78 Å². The lowest BCUT2D eigenvalue weighted by molar-refractivity contribution is 0.104. The predicted molar refractivity (Wildman–Crippen MR) is 64.5 cm³/mol. The van der Waals surface area contributed by atoms with E-state index in [9.17, 15) is 4.79 Å². The fraction of sp³-hybridized carbons (Fsp3) is 0.308. The van der Waals surface area contributed by atoms with Crippen LogP contribution in [0.3, 0.4) is 0 Å². The van der Waals surface area contributed by atoms with Gasteiger partial charge in [-0.2, -0.15) is 0 Å². The molecule has 0 bridgehead atoms. The minimum atomic E-state index is -0.0615. The number of rotatable bonds is 5. The lowest BCUT2D eigenvalue weighted by atomic mass is 10.1. The summed E-state index contributed by atoms with van der Waals surface area (Å²) in [5, 5.41) is 0. The molecule has 0 saturated heterocycles. The van der Waals surface area contributed by atoms with E-state index >= 15 is 0 Å². The molecule has 0 saturated carbocycles. The van der Waals surface area contributed by atoms with Gasteiger partial charge in [0.05, 0.1) is 7.11 Å². The summed E-state index contributed by atoms with van der Waals surface area (Å²) in [6.07, 6.45) is 3.19. The number of allylic oxidation sites excluding steroid dienone is 2. The predicted octanol–water partition coefficient (Wildman–Crippen LogP) is 2.52. The van der Waals surface area contributed by atoms with Gasteiger partial charge in [0.2, 0.25) is 0 Å². The summed E-state index contributed by atoms with van der Waals surface area (Å²) in [5.74, 6) is 0.677. The highest BCUT2D eigenvalue weighted by Crippen LogP contribution is 2.12. The van der Waals surface area contributed by atoms with Crippen LogP contribution in [0, 0.1) is 0 Å². The number of hydrogen-bond donors (Lipinski definition) is 1. The fourth-order valence-electron chi connectivity index (χ4n) is 1.37. The van der Waals surface area contributed by atoms with Crippen molar-refractivity contribution in [3.8, 4) is 5.75 Å². The molecule has 2 N–H and O–H groups in total. The van der Waals surface area contributed by atoms with Crippen LogP contribution in [0.2, 0.25) is 0 Å². The van der Waals surface area contributed by atoms with E-state index in [1.807, 2.05) is 6.92 Å². The van der Waals surface area contributed by atoms with Crippen LogP contribution in [-0.4, -0.2) is 12.9 Å². The molecule has 0 heterocycles. The smallest absolute Gasteiger partial charge is 0.187 e. The Morgan fingerprint density at radius 1 is 1.38 bits per heavy atom. The molecule has 1 aromatic rings. The third-order valence-corrected chi connectivity index (χ3v) is 2.23. The monoisotopic (exact) mass is 219 g/mol. The highest BCUT2D eigenvalue weighted by atomic mass is 16.5. The van der Waals surface area contributed by atoms with Gasteiger partial charge in [0, 0.05) is 17.3 Å². The summed E-state index contributed by atoms with van der Waals surface area (Å²) < 4.78 is 5.02. The van der Waals surface area contributed by atoms with Crippen molar-refractivity contribution < 1.29 is 9.53 Å². The first-order valence-corrected chi connectivity index (χ1v) is 5.31. The number of nitrogens with two attached hydrogens (primary N) is 1. The molecule has 0 aliphatic rings. The Morgan fingerprint density at radius 2 is 2.00 bits per heavy atom. The fourth-order valence-corrected chi connectivity index (χ4v) is 1.37. The second-order valence-electron chi connectivity index (χ2n) is 3.56. The van der Waals surface area contributed by atoms with Crippen LogP contribution in [0.4, 0.5) is 0 Å². The quantitative estimate of drug-likeness (QED) is 0.611. The highest BCUT2D eigenvalue weighted by Gasteiger charge is 2.03. The molecule has 1 rings (SSSR count). The van der Waals surface area contributed by atoms with E-state index in [2.05, 4.69) is 0 Å². The zero-order valence-corrected chi connectivity index (χ0v) is 9.69. The molecular formula is C13H17NO2. The maximum absolute atomic E-state index is 11.7. The zero-order valence-electron chi connectivity index (χ0n) is 9.69. The molecule has 0 amide bonds. The zero-order chi connectivity index (χ0) is 12.0. The number of benzene rings is 1. The van der Waals surface area contributed by atoms with E-state index in [-0.39, 0.29) is 5.78 Å². The molecule has 0 atom stereocenters. The first-order valence-electron chi connectivity index (χ1n) is 5.31. The first kappa shape index (κ1) is 12.3. The van der Waals surface area contributed by atoms with Crippen LogP contribution in [0.25, 0.3) is 0 Å². The first-order chi connectivity index (χ1) is 7.67. The summed E-state index contributed by atoms with van der Waals surface area (Å²) in [4.78, 5) is 11.7. The van der Waals surface area contributed by atoms with Gasteiger partial charge in [-0.05, 0) is 30.7 Å². The Balaban J connectivity index is 2.76. The molecule has 0 radical (unpaired) electrons.